The minimum atomic E-state index is 1.000. The van der Waals surface area contributed by atoms with Crippen molar-refractivity contribution in [1.29, 1.82) is 0 Å². The maximum Gasteiger partial charge on any atom is 0.0240 e. The second-order valence-electron chi connectivity index (χ2n) is 6.85. The molecule has 122 valence electrons. The lowest BCUT2D eigenvalue weighted by molar-refractivity contribution is 0.263. The first-order valence-corrected chi connectivity index (χ1v) is 9.11. The molecular formula is C19H31N3. The summed E-state index contributed by atoms with van der Waals surface area (Å²) in [6.45, 7) is 11.8. The van der Waals surface area contributed by atoms with Crippen molar-refractivity contribution >= 4 is 0 Å². The average Bonchev–Trinajstić information content (AvgIpc) is 3.18. The van der Waals surface area contributed by atoms with Crippen LogP contribution in [0.2, 0.25) is 0 Å². The Morgan fingerprint density at radius 2 is 1.68 bits per heavy atom. The first-order chi connectivity index (χ1) is 10.8. The van der Waals surface area contributed by atoms with E-state index in [1.165, 1.54) is 57.4 Å². The van der Waals surface area contributed by atoms with E-state index in [9.17, 15) is 0 Å². The van der Waals surface area contributed by atoms with Crippen molar-refractivity contribution in [1.82, 2.24) is 15.1 Å². The summed E-state index contributed by atoms with van der Waals surface area (Å²) in [4.78, 5) is 5.25. The number of likely N-dealkylation sites (tertiary alicyclic amines) is 1. The topological polar surface area (TPSA) is 18.5 Å². The van der Waals surface area contributed by atoms with E-state index in [1.807, 2.05) is 0 Å². The maximum atomic E-state index is 3.42. The van der Waals surface area contributed by atoms with E-state index in [0.29, 0.717) is 0 Å². The van der Waals surface area contributed by atoms with Crippen LogP contribution >= 0.6 is 0 Å². The van der Waals surface area contributed by atoms with Gasteiger partial charge in [0.05, 0.1) is 0 Å². The summed E-state index contributed by atoms with van der Waals surface area (Å²) < 4.78 is 0. The molecule has 3 heteroatoms. The molecule has 3 rings (SSSR count). The van der Waals surface area contributed by atoms with Gasteiger partial charge < -0.3 is 10.2 Å². The van der Waals surface area contributed by atoms with Gasteiger partial charge in [0.25, 0.3) is 0 Å². The van der Waals surface area contributed by atoms with Crippen LogP contribution in [-0.2, 0) is 19.6 Å². The van der Waals surface area contributed by atoms with Gasteiger partial charge in [0.15, 0.2) is 0 Å². The van der Waals surface area contributed by atoms with E-state index in [1.54, 1.807) is 11.1 Å². The molecule has 0 aromatic heterocycles. The number of rotatable bonds is 8. The zero-order valence-electron chi connectivity index (χ0n) is 14.1. The predicted octanol–water partition coefficient (Wildman–Crippen LogP) is 2.99. The van der Waals surface area contributed by atoms with E-state index >= 15 is 0 Å². The van der Waals surface area contributed by atoms with Crippen molar-refractivity contribution in [2.45, 2.75) is 52.2 Å². The molecule has 0 unspecified atom stereocenters. The van der Waals surface area contributed by atoms with Crippen LogP contribution in [-0.4, -0.2) is 42.5 Å². The first-order valence-electron chi connectivity index (χ1n) is 9.11. The van der Waals surface area contributed by atoms with Gasteiger partial charge in [-0.15, -0.1) is 0 Å². The van der Waals surface area contributed by atoms with E-state index in [4.69, 9.17) is 0 Å². The maximum absolute atomic E-state index is 3.42. The van der Waals surface area contributed by atoms with Crippen LogP contribution in [0.4, 0.5) is 0 Å². The SMILES string of the molecule is CCNCc1ccc2c(c1)CN(CCCCN1CCCC1)C2. The average molecular weight is 301 g/mol. The number of fused-ring (bicyclic) bond motifs is 1. The van der Waals surface area contributed by atoms with E-state index in [-0.39, 0.29) is 0 Å². The van der Waals surface area contributed by atoms with Crippen molar-refractivity contribution in [3.05, 3.63) is 34.9 Å². The second-order valence-corrected chi connectivity index (χ2v) is 6.85. The molecule has 22 heavy (non-hydrogen) atoms. The van der Waals surface area contributed by atoms with Gasteiger partial charge in [0.1, 0.15) is 0 Å². The summed E-state index contributed by atoms with van der Waals surface area (Å²) >= 11 is 0. The van der Waals surface area contributed by atoms with Crippen LogP contribution in [0.5, 0.6) is 0 Å². The van der Waals surface area contributed by atoms with Gasteiger partial charge in [0.2, 0.25) is 0 Å². The molecule has 2 aliphatic rings. The summed E-state index contributed by atoms with van der Waals surface area (Å²) in [7, 11) is 0. The predicted molar refractivity (Wildman–Crippen MR) is 92.8 cm³/mol. The van der Waals surface area contributed by atoms with Crippen LogP contribution in [0.25, 0.3) is 0 Å². The first kappa shape index (κ1) is 16.0. The Hall–Kier alpha value is -0.900. The molecule has 0 spiro atoms. The Labute approximate surface area is 135 Å². The van der Waals surface area contributed by atoms with E-state index in [0.717, 1.165) is 26.2 Å². The Morgan fingerprint density at radius 1 is 0.955 bits per heavy atom. The van der Waals surface area contributed by atoms with Crippen LogP contribution in [0.15, 0.2) is 18.2 Å². The van der Waals surface area contributed by atoms with Crippen molar-refractivity contribution in [3.63, 3.8) is 0 Å². The summed E-state index contributed by atoms with van der Waals surface area (Å²) in [6, 6.07) is 7.03. The zero-order valence-corrected chi connectivity index (χ0v) is 14.1. The molecule has 0 amide bonds. The van der Waals surface area contributed by atoms with Crippen molar-refractivity contribution in [2.24, 2.45) is 0 Å². The molecule has 3 nitrogen and oxygen atoms in total. The number of benzene rings is 1. The third-order valence-corrected chi connectivity index (χ3v) is 5.04. The van der Waals surface area contributed by atoms with Gasteiger partial charge in [-0.1, -0.05) is 25.1 Å². The lowest BCUT2D eigenvalue weighted by Crippen LogP contribution is -2.22. The van der Waals surface area contributed by atoms with Gasteiger partial charge in [-0.2, -0.15) is 0 Å². The van der Waals surface area contributed by atoms with E-state index < -0.39 is 0 Å². The van der Waals surface area contributed by atoms with Gasteiger partial charge in [-0.3, -0.25) is 4.90 Å². The number of nitrogens with one attached hydrogen (secondary N) is 1. The molecule has 0 atom stereocenters. The summed E-state index contributed by atoms with van der Waals surface area (Å²) in [5.74, 6) is 0. The lowest BCUT2D eigenvalue weighted by Gasteiger charge is -2.17. The number of nitrogens with zero attached hydrogens (tertiary/aromatic N) is 2. The highest BCUT2D eigenvalue weighted by Gasteiger charge is 2.18. The van der Waals surface area contributed by atoms with Crippen LogP contribution in [0, 0.1) is 0 Å². The highest BCUT2D eigenvalue weighted by molar-refractivity contribution is 5.34. The van der Waals surface area contributed by atoms with Gasteiger partial charge in [-0.05, 0) is 75.1 Å². The largest absolute Gasteiger partial charge is 0.313 e. The summed E-state index contributed by atoms with van der Waals surface area (Å²) in [5, 5.41) is 3.42. The standard InChI is InChI=1S/C19H31N3/c1-2-20-14-17-7-8-18-15-22(16-19(18)13-17)12-6-5-11-21-9-3-4-10-21/h7-8,13,20H,2-6,9-12,14-16H2,1H3. The quantitative estimate of drug-likeness (QED) is 0.745. The highest BCUT2D eigenvalue weighted by atomic mass is 15.1. The third kappa shape index (κ3) is 4.31. The minimum Gasteiger partial charge on any atom is -0.313 e. The second kappa shape index (κ2) is 8.09. The van der Waals surface area contributed by atoms with Crippen molar-refractivity contribution < 1.29 is 0 Å². The fraction of sp³-hybridized carbons (Fsp3) is 0.684. The molecule has 2 aliphatic heterocycles. The Morgan fingerprint density at radius 3 is 2.45 bits per heavy atom. The van der Waals surface area contributed by atoms with Crippen LogP contribution < -0.4 is 5.32 Å². The van der Waals surface area contributed by atoms with Crippen LogP contribution in [0.3, 0.4) is 0 Å². The molecule has 1 aromatic carbocycles. The summed E-state index contributed by atoms with van der Waals surface area (Å²) in [6.07, 6.45) is 5.53. The highest BCUT2D eigenvalue weighted by Crippen LogP contribution is 2.24. The molecule has 0 saturated carbocycles. The van der Waals surface area contributed by atoms with Crippen molar-refractivity contribution in [3.8, 4) is 0 Å². The number of unbranched alkanes of at least 4 members (excludes halogenated alkanes) is 1. The molecule has 1 fully saturated rings. The number of hydrogen-bond acceptors (Lipinski definition) is 3. The van der Waals surface area contributed by atoms with Gasteiger partial charge >= 0.3 is 0 Å². The molecule has 0 bridgehead atoms. The molecule has 1 aromatic rings. The van der Waals surface area contributed by atoms with Gasteiger partial charge in [-0.25, -0.2) is 0 Å². The van der Waals surface area contributed by atoms with Crippen molar-refractivity contribution in [2.75, 3.05) is 32.7 Å². The fourth-order valence-corrected chi connectivity index (χ4v) is 3.73. The summed E-state index contributed by atoms with van der Waals surface area (Å²) in [5.41, 5.74) is 4.52. The molecular weight excluding hydrogens is 270 g/mol. The molecule has 0 aliphatic carbocycles. The third-order valence-electron chi connectivity index (χ3n) is 5.04. The Balaban J connectivity index is 1.39. The Bertz CT molecular complexity index is 466. The molecule has 1 saturated heterocycles. The Kier molecular flexibility index (Phi) is 5.88. The minimum absolute atomic E-state index is 1.000. The zero-order chi connectivity index (χ0) is 15.2. The van der Waals surface area contributed by atoms with Crippen LogP contribution in [0.1, 0.15) is 49.3 Å². The normalized spacial score (nSPS) is 19.0. The number of hydrogen-bond donors (Lipinski definition) is 1. The molecule has 0 radical (unpaired) electrons. The lowest BCUT2D eigenvalue weighted by atomic mass is 10.1. The fourth-order valence-electron chi connectivity index (χ4n) is 3.73. The smallest absolute Gasteiger partial charge is 0.0240 e. The van der Waals surface area contributed by atoms with Gasteiger partial charge in [0, 0.05) is 19.6 Å². The van der Waals surface area contributed by atoms with E-state index in [2.05, 4.69) is 40.2 Å². The monoisotopic (exact) mass is 301 g/mol. The molecule has 1 N–H and O–H groups in total. The molecule has 2 heterocycles.